The van der Waals surface area contributed by atoms with Crippen molar-refractivity contribution in [3.63, 3.8) is 0 Å². The minimum absolute atomic E-state index is 0.0829. The summed E-state index contributed by atoms with van der Waals surface area (Å²) in [7, 11) is 0. The highest BCUT2D eigenvalue weighted by Crippen LogP contribution is 2.32. The molecule has 0 radical (unpaired) electrons. The van der Waals surface area contributed by atoms with Gasteiger partial charge in [-0.1, -0.05) is 35.9 Å². The van der Waals surface area contributed by atoms with Crippen molar-refractivity contribution in [2.24, 2.45) is 5.73 Å². The average Bonchev–Trinajstić information content (AvgIpc) is 2.83. The number of ether oxygens (including phenoxy) is 1. The standard InChI is InChI=1S/C25H24N2O2.C4H9NO2/c1-17-8-10-19(11-9-17)25(29)26-23-7-3-5-20(16-23)21-12-13-24-22(15-21)6-4-14-27(24)18(2)28;1-3(2)7-4(5)6/h3,5,7-13,15-16H,4,6,14H2,1-2H3,(H,26,29);3H,1-2H3,(H2,5,6). The summed E-state index contributed by atoms with van der Waals surface area (Å²) in [5.41, 5.74) is 11.5. The SMILES string of the molecule is CC(=O)N1CCCc2cc(-c3cccc(NC(=O)c4ccc(C)cc4)c3)ccc21.CC(C)OC(N)=O. The second-order valence-corrected chi connectivity index (χ2v) is 9.00. The zero-order valence-corrected chi connectivity index (χ0v) is 21.2. The lowest BCUT2D eigenvalue weighted by Gasteiger charge is -2.29. The number of hydrogen-bond donors (Lipinski definition) is 2. The van der Waals surface area contributed by atoms with E-state index in [0.29, 0.717) is 5.56 Å². The molecule has 0 saturated carbocycles. The van der Waals surface area contributed by atoms with Gasteiger partial charge in [0, 0.05) is 30.4 Å². The molecule has 4 rings (SSSR count). The molecule has 0 unspecified atom stereocenters. The maximum atomic E-state index is 12.5. The molecule has 1 aliphatic rings. The molecule has 3 amide bonds. The molecule has 0 saturated heterocycles. The van der Waals surface area contributed by atoms with Crippen LogP contribution in [0.25, 0.3) is 11.1 Å². The zero-order valence-electron chi connectivity index (χ0n) is 21.2. The van der Waals surface area contributed by atoms with Gasteiger partial charge in [-0.15, -0.1) is 0 Å². The van der Waals surface area contributed by atoms with Gasteiger partial charge in [-0.2, -0.15) is 0 Å². The van der Waals surface area contributed by atoms with E-state index in [-0.39, 0.29) is 17.9 Å². The van der Waals surface area contributed by atoms with Gasteiger partial charge in [-0.3, -0.25) is 9.59 Å². The fourth-order valence-corrected chi connectivity index (χ4v) is 4.02. The normalized spacial score (nSPS) is 12.2. The second kappa shape index (κ2) is 12.0. The lowest BCUT2D eigenvalue weighted by Crippen LogP contribution is -2.33. The van der Waals surface area contributed by atoms with E-state index in [4.69, 9.17) is 0 Å². The van der Waals surface area contributed by atoms with Crippen LogP contribution in [0, 0.1) is 6.92 Å². The Morgan fingerprint density at radius 3 is 2.28 bits per heavy atom. The molecule has 3 aromatic carbocycles. The Morgan fingerprint density at radius 2 is 1.67 bits per heavy atom. The summed E-state index contributed by atoms with van der Waals surface area (Å²) in [6.45, 7) is 7.88. The van der Waals surface area contributed by atoms with Gasteiger partial charge in [0.25, 0.3) is 5.91 Å². The Labute approximate surface area is 212 Å². The van der Waals surface area contributed by atoms with Gasteiger partial charge in [0.05, 0.1) is 6.10 Å². The first-order valence-electron chi connectivity index (χ1n) is 12.0. The second-order valence-electron chi connectivity index (χ2n) is 9.00. The van der Waals surface area contributed by atoms with E-state index in [2.05, 4.69) is 21.9 Å². The minimum atomic E-state index is -0.713. The van der Waals surface area contributed by atoms with Crippen LogP contribution in [0.1, 0.15) is 48.7 Å². The number of nitrogens with two attached hydrogens (primary N) is 1. The number of carbonyl (C=O) groups is 3. The summed E-state index contributed by atoms with van der Waals surface area (Å²) in [5, 5.41) is 2.98. The van der Waals surface area contributed by atoms with Crippen molar-refractivity contribution in [3.8, 4) is 11.1 Å². The fraction of sp³-hybridized carbons (Fsp3) is 0.276. The fourth-order valence-electron chi connectivity index (χ4n) is 4.02. The van der Waals surface area contributed by atoms with Gasteiger partial charge in [0.1, 0.15) is 0 Å². The lowest BCUT2D eigenvalue weighted by atomic mass is 9.96. The molecule has 188 valence electrons. The summed E-state index contributed by atoms with van der Waals surface area (Å²) >= 11 is 0. The number of nitrogens with one attached hydrogen (secondary N) is 1. The molecule has 7 heteroatoms. The molecular formula is C29H33N3O4. The van der Waals surface area contributed by atoms with E-state index in [1.807, 2.05) is 72.5 Å². The number of rotatable bonds is 4. The topological polar surface area (TPSA) is 102 Å². The van der Waals surface area contributed by atoms with E-state index in [1.54, 1.807) is 20.8 Å². The van der Waals surface area contributed by atoms with Gasteiger partial charge in [0.15, 0.2) is 0 Å². The van der Waals surface area contributed by atoms with E-state index in [1.165, 1.54) is 5.56 Å². The van der Waals surface area contributed by atoms with Gasteiger partial charge in [0.2, 0.25) is 5.91 Å². The number of anilines is 2. The molecule has 0 fully saturated rings. The first-order chi connectivity index (χ1) is 17.1. The highest BCUT2D eigenvalue weighted by Gasteiger charge is 2.20. The molecule has 1 heterocycles. The van der Waals surface area contributed by atoms with Crippen molar-refractivity contribution in [2.45, 2.75) is 46.6 Å². The largest absolute Gasteiger partial charge is 0.447 e. The Balaban J connectivity index is 0.000000454. The molecule has 3 N–H and O–H groups in total. The zero-order chi connectivity index (χ0) is 26.2. The molecule has 3 aromatic rings. The molecule has 1 aliphatic heterocycles. The number of aryl methyl sites for hydroxylation is 2. The summed E-state index contributed by atoms with van der Waals surface area (Å²) in [5.74, 6) is -0.0378. The Morgan fingerprint density at radius 1 is 0.972 bits per heavy atom. The average molecular weight is 488 g/mol. The predicted octanol–water partition coefficient (Wildman–Crippen LogP) is 5.70. The van der Waals surface area contributed by atoms with Crippen LogP contribution in [0.5, 0.6) is 0 Å². The van der Waals surface area contributed by atoms with E-state index < -0.39 is 6.09 Å². The molecule has 0 aliphatic carbocycles. The number of amides is 3. The number of nitrogens with zero attached hydrogens (tertiary/aromatic N) is 1. The number of fused-ring (bicyclic) bond motifs is 1. The van der Waals surface area contributed by atoms with Crippen molar-refractivity contribution in [3.05, 3.63) is 83.4 Å². The molecule has 0 bridgehead atoms. The highest BCUT2D eigenvalue weighted by atomic mass is 16.6. The van der Waals surface area contributed by atoms with Gasteiger partial charge in [-0.25, -0.2) is 4.79 Å². The van der Waals surface area contributed by atoms with Gasteiger partial charge in [-0.05, 0) is 86.7 Å². The third-order valence-corrected chi connectivity index (χ3v) is 5.70. The minimum Gasteiger partial charge on any atom is -0.447 e. The number of benzene rings is 3. The van der Waals surface area contributed by atoms with Crippen LogP contribution in [0.15, 0.2) is 66.7 Å². The van der Waals surface area contributed by atoms with Gasteiger partial charge >= 0.3 is 6.09 Å². The van der Waals surface area contributed by atoms with Crippen LogP contribution in [0.3, 0.4) is 0 Å². The quantitative estimate of drug-likeness (QED) is 0.492. The molecular weight excluding hydrogens is 454 g/mol. The highest BCUT2D eigenvalue weighted by molar-refractivity contribution is 6.04. The van der Waals surface area contributed by atoms with Crippen LogP contribution >= 0.6 is 0 Å². The summed E-state index contributed by atoms with van der Waals surface area (Å²) in [6.07, 6.45) is 1.13. The van der Waals surface area contributed by atoms with Crippen molar-refractivity contribution in [1.82, 2.24) is 0 Å². The lowest BCUT2D eigenvalue weighted by molar-refractivity contribution is -0.116. The van der Waals surface area contributed by atoms with Gasteiger partial charge < -0.3 is 20.7 Å². The van der Waals surface area contributed by atoms with E-state index in [9.17, 15) is 14.4 Å². The third-order valence-electron chi connectivity index (χ3n) is 5.70. The van der Waals surface area contributed by atoms with Crippen molar-refractivity contribution >= 4 is 29.3 Å². The van der Waals surface area contributed by atoms with Crippen LogP contribution in [-0.2, 0) is 16.0 Å². The Kier molecular flexibility index (Phi) is 8.84. The van der Waals surface area contributed by atoms with Crippen LogP contribution in [0.2, 0.25) is 0 Å². The molecule has 0 aromatic heterocycles. The molecule has 36 heavy (non-hydrogen) atoms. The van der Waals surface area contributed by atoms with Crippen LogP contribution in [-0.4, -0.2) is 30.6 Å². The Hall–Kier alpha value is -4.13. The first-order valence-corrected chi connectivity index (χ1v) is 12.0. The number of hydrogen-bond acceptors (Lipinski definition) is 4. The predicted molar refractivity (Wildman–Crippen MR) is 143 cm³/mol. The summed E-state index contributed by atoms with van der Waals surface area (Å²) in [4.78, 5) is 36.1. The summed E-state index contributed by atoms with van der Waals surface area (Å²) < 4.78 is 4.39. The van der Waals surface area contributed by atoms with Crippen LogP contribution in [0.4, 0.5) is 16.2 Å². The first kappa shape index (κ1) is 26.5. The van der Waals surface area contributed by atoms with Crippen molar-refractivity contribution in [1.29, 1.82) is 0 Å². The smallest absolute Gasteiger partial charge is 0.404 e. The maximum absolute atomic E-state index is 12.5. The van der Waals surface area contributed by atoms with E-state index >= 15 is 0 Å². The summed E-state index contributed by atoms with van der Waals surface area (Å²) in [6, 6.07) is 21.6. The monoisotopic (exact) mass is 487 g/mol. The maximum Gasteiger partial charge on any atom is 0.404 e. The Bertz CT molecular complexity index is 1240. The molecule has 7 nitrogen and oxygen atoms in total. The molecule has 0 spiro atoms. The van der Waals surface area contributed by atoms with Crippen LogP contribution < -0.4 is 16.0 Å². The third kappa shape index (κ3) is 7.18. The number of carbonyl (C=O) groups excluding carboxylic acids is 3. The molecule has 0 atom stereocenters. The van der Waals surface area contributed by atoms with Crippen molar-refractivity contribution < 1.29 is 19.1 Å². The van der Waals surface area contributed by atoms with Crippen molar-refractivity contribution in [2.75, 3.05) is 16.8 Å². The van der Waals surface area contributed by atoms with E-state index in [0.717, 1.165) is 47.5 Å². The number of primary amides is 1.